The van der Waals surface area contributed by atoms with Gasteiger partial charge in [0.05, 0.1) is 18.2 Å². The van der Waals surface area contributed by atoms with Gasteiger partial charge in [-0.25, -0.2) is 0 Å². The van der Waals surface area contributed by atoms with E-state index in [-0.39, 0.29) is 18.2 Å². The number of halogens is 1. The largest absolute Gasteiger partial charge is 0.289 e. The monoisotopic (exact) mass is 334 g/mol. The zero-order chi connectivity index (χ0) is 16.4. The van der Waals surface area contributed by atoms with Gasteiger partial charge in [-0.15, -0.1) is 0 Å². The van der Waals surface area contributed by atoms with Gasteiger partial charge in [0.2, 0.25) is 0 Å². The zero-order valence-electron chi connectivity index (χ0n) is 13.2. The van der Waals surface area contributed by atoms with E-state index in [1.54, 1.807) is 0 Å². The Morgan fingerprint density at radius 1 is 0.583 bits per heavy atom. The van der Waals surface area contributed by atoms with E-state index in [2.05, 4.69) is 65.2 Å². The van der Waals surface area contributed by atoms with Crippen LogP contribution in [0.4, 0.5) is 0 Å². The third-order valence-electron chi connectivity index (χ3n) is 4.56. The van der Waals surface area contributed by atoms with Crippen LogP contribution in [-0.4, -0.2) is 0 Å². The van der Waals surface area contributed by atoms with Crippen molar-refractivity contribution >= 4 is 11.6 Å². The lowest BCUT2D eigenvalue weighted by Crippen LogP contribution is -2.22. The summed E-state index contributed by atoms with van der Waals surface area (Å²) in [6.07, 6.45) is 0.0951. The molecule has 4 rings (SSSR count). The number of rotatable bonds is 3. The quantitative estimate of drug-likeness (QED) is 0.703. The molecular formula is C21H19ClN2. The highest BCUT2D eigenvalue weighted by Gasteiger charge is 2.36. The van der Waals surface area contributed by atoms with Crippen LogP contribution in [0.1, 0.15) is 34.9 Å². The molecule has 0 radical (unpaired) electrons. The molecule has 1 saturated heterocycles. The van der Waals surface area contributed by atoms with E-state index in [1.807, 2.05) is 30.3 Å². The molecule has 3 heteroatoms. The second-order valence-electron chi connectivity index (χ2n) is 6.06. The lowest BCUT2D eigenvalue weighted by atomic mass is 9.95. The minimum Gasteiger partial charge on any atom is -0.289 e. The highest BCUT2D eigenvalue weighted by Crippen LogP contribution is 2.39. The van der Waals surface area contributed by atoms with Crippen molar-refractivity contribution in [1.29, 1.82) is 0 Å². The Kier molecular flexibility index (Phi) is 4.35. The first-order valence-corrected chi connectivity index (χ1v) is 8.57. The van der Waals surface area contributed by atoms with Gasteiger partial charge in [-0.3, -0.25) is 10.6 Å². The molecule has 2 nitrogen and oxygen atoms in total. The SMILES string of the molecule is Clc1ccccc1C1NC(c2ccccc2)NC1c1ccccc1. The molecule has 2 N–H and O–H groups in total. The van der Waals surface area contributed by atoms with Gasteiger partial charge in [0.15, 0.2) is 0 Å². The molecule has 120 valence electrons. The predicted molar refractivity (Wildman–Crippen MR) is 98.8 cm³/mol. The molecular weight excluding hydrogens is 316 g/mol. The number of hydrogen-bond donors (Lipinski definition) is 2. The van der Waals surface area contributed by atoms with E-state index in [1.165, 1.54) is 11.1 Å². The third kappa shape index (κ3) is 2.96. The Labute approximate surface area is 147 Å². The average Bonchev–Trinajstić information content (AvgIpc) is 3.09. The first-order valence-electron chi connectivity index (χ1n) is 8.19. The summed E-state index contributed by atoms with van der Waals surface area (Å²) in [5, 5.41) is 8.24. The molecule has 0 spiro atoms. The van der Waals surface area contributed by atoms with Gasteiger partial charge in [0, 0.05) is 5.02 Å². The molecule has 0 aliphatic carbocycles. The fourth-order valence-electron chi connectivity index (χ4n) is 3.38. The maximum atomic E-state index is 6.48. The van der Waals surface area contributed by atoms with E-state index in [9.17, 15) is 0 Å². The summed E-state index contributed by atoms with van der Waals surface area (Å²) in [6, 6.07) is 29.3. The fraction of sp³-hybridized carbons (Fsp3) is 0.143. The first-order chi connectivity index (χ1) is 11.8. The van der Waals surface area contributed by atoms with Crippen molar-refractivity contribution in [3.63, 3.8) is 0 Å². The third-order valence-corrected chi connectivity index (χ3v) is 4.90. The molecule has 1 fully saturated rings. The average molecular weight is 335 g/mol. The molecule has 0 bridgehead atoms. The first kappa shape index (κ1) is 15.4. The minimum absolute atomic E-state index is 0.0951. The van der Waals surface area contributed by atoms with Gasteiger partial charge >= 0.3 is 0 Å². The topological polar surface area (TPSA) is 24.1 Å². The predicted octanol–water partition coefficient (Wildman–Crippen LogP) is 5.01. The van der Waals surface area contributed by atoms with Crippen LogP contribution < -0.4 is 10.6 Å². The molecule has 0 aromatic heterocycles. The molecule has 0 amide bonds. The summed E-state index contributed by atoms with van der Waals surface area (Å²) in [7, 11) is 0. The summed E-state index contributed by atoms with van der Waals surface area (Å²) in [6.45, 7) is 0. The van der Waals surface area contributed by atoms with Crippen molar-refractivity contribution in [1.82, 2.24) is 10.6 Å². The summed E-state index contributed by atoms with van der Waals surface area (Å²) >= 11 is 6.48. The molecule has 3 unspecified atom stereocenters. The zero-order valence-corrected chi connectivity index (χ0v) is 13.9. The van der Waals surface area contributed by atoms with Crippen molar-refractivity contribution in [2.75, 3.05) is 0 Å². The number of nitrogens with one attached hydrogen (secondary N) is 2. The molecule has 3 aromatic carbocycles. The summed E-state index contributed by atoms with van der Waals surface area (Å²) in [5.74, 6) is 0. The lowest BCUT2D eigenvalue weighted by molar-refractivity contribution is 0.554. The Balaban J connectivity index is 1.73. The van der Waals surface area contributed by atoms with Crippen LogP contribution >= 0.6 is 11.6 Å². The molecule has 0 saturated carbocycles. The van der Waals surface area contributed by atoms with Crippen LogP contribution in [0, 0.1) is 0 Å². The molecule has 1 aliphatic rings. The Morgan fingerprint density at radius 3 is 1.79 bits per heavy atom. The van der Waals surface area contributed by atoms with Crippen molar-refractivity contribution in [2.45, 2.75) is 18.2 Å². The van der Waals surface area contributed by atoms with Crippen molar-refractivity contribution in [3.8, 4) is 0 Å². The van der Waals surface area contributed by atoms with Crippen molar-refractivity contribution in [3.05, 3.63) is 107 Å². The number of benzene rings is 3. The van der Waals surface area contributed by atoms with Gasteiger partial charge in [0.25, 0.3) is 0 Å². The van der Waals surface area contributed by atoms with E-state index in [4.69, 9.17) is 11.6 Å². The Hall–Kier alpha value is -2.13. The lowest BCUT2D eigenvalue weighted by Gasteiger charge is -2.21. The maximum Gasteiger partial charge on any atom is 0.0846 e. The molecule has 3 aromatic rings. The van der Waals surface area contributed by atoms with E-state index in [0.29, 0.717) is 0 Å². The van der Waals surface area contributed by atoms with Gasteiger partial charge in [-0.2, -0.15) is 0 Å². The minimum atomic E-state index is 0.0951. The van der Waals surface area contributed by atoms with Gasteiger partial charge in [-0.05, 0) is 22.8 Å². The van der Waals surface area contributed by atoms with Crippen LogP contribution in [0.3, 0.4) is 0 Å². The molecule has 1 aliphatic heterocycles. The highest BCUT2D eigenvalue weighted by molar-refractivity contribution is 6.31. The van der Waals surface area contributed by atoms with E-state index < -0.39 is 0 Å². The summed E-state index contributed by atoms with van der Waals surface area (Å²) in [5.41, 5.74) is 3.61. The second-order valence-corrected chi connectivity index (χ2v) is 6.47. The Morgan fingerprint density at radius 2 is 1.12 bits per heavy atom. The molecule has 3 atom stereocenters. The van der Waals surface area contributed by atoms with Crippen LogP contribution in [0.5, 0.6) is 0 Å². The van der Waals surface area contributed by atoms with E-state index in [0.717, 1.165) is 10.6 Å². The summed E-state index contributed by atoms with van der Waals surface area (Å²) < 4.78 is 0. The standard InChI is InChI=1S/C21H19ClN2/c22-18-14-8-7-13-17(18)20-19(15-9-3-1-4-10-15)23-21(24-20)16-11-5-2-6-12-16/h1-14,19-21,23-24H. The number of hydrogen-bond acceptors (Lipinski definition) is 2. The van der Waals surface area contributed by atoms with E-state index >= 15 is 0 Å². The fourth-order valence-corrected chi connectivity index (χ4v) is 3.64. The van der Waals surface area contributed by atoms with Gasteiger partial charge in [-0.1, -0.05) is 90.5 Å². The smallest absolute Gasteiger partial charge is 0.0846 e. The highest BCUT2D eigenvalue weighted by atomic mass is 35.5. The normalized spacial score (nSPS) is 23.3. The van der Waals surface area contributed by atoms with Crippen molar-refractivity contribution < 1.29 is 0 Å². The van der Waals surface area contributed by atoms with Crippen LogP contribution in [0.25, 0.3) is 0 Å². The van der Waals surface area contributed by atoms with Gasteiger partial charge in [0.1, 0.15) is 0 Å². The van der Waals surface area contributed by atoms with Crippen LogP contribution in [0.2, 0.25) is 5.02 Å². The summed E-state index contributed by atoms with van der Waals surface area (Å²) in [4.78, 5) is 0. The van der Waals surface area contributed by atoms with Crippen LogP contribution in [-0.2, 0) is 0 Å². The second kappa shape index (κ2) is 6.78. The Bertz CT molecular complexity index is 804. The maximum absolute atomic E-state index is 6.48. The molecule has 24 heavy (non-hydrogen) atoms. The van der Waals surface area contributed by atoms with Crippen molar-refractivity contribution in [2.24, 2.45) is 0 Å². The van der Waals surface area contributed by atoms with Gasteiger partial charge < -0.3 is 0 Å². The molecule has 1 heterocycles. The van der Waals surface area contributed by atoms with Crippen LogP contribution in [0.15, 0.2) is 84.9 Å².